The van der Waals surface area contributed by atoms with Crippen molar-refractivity contribution in [2.45, 2.75) is 77.4 Å². The van der Waals surface area contributed by atoms with E-state index in [9.17, 15) is 9.59 Å². The molecule has 0 spiro atoms. The van der Waals surface area contributed by atoms with Crippen molar-refractivity contribution in [1.82, 2.24) is 9.97 Å². The Balaban J connectivity index is 0.000000135. The van der Waals surface area contributed by atoms with Gasteiger partial charge in [-0.05, 0) is 143 Å². The van der Waals surface area contributed by atoms with Crippen LogP contribution in [0.4, 0.5) is 0 Å². The van der Waals surface area contributed by atoms with Gasteiger partial charge >= 0.3 is 7.12 Å². The van der Waals surface area contributed by atoms with Gasteiger partial charge in [0.2, 0.25) is 0 Å². The number of carbonyl (C=O) groups is 2. The summed E-state index contributed by atoms with van der Waals surface area (Å²) in [7, 11) is -0.402. The summed E-state index contributed by atoms with van der Waals surface area (Å²) in [4.78, 5) is 36.3. The maximum Gasteiger partial charge on any atom is 0.494 e. The third-order valence-electron chi connectivity index (χ3n) is 18.7. The third-order valence-corrected chi connectivity index (χ3v) is 19.2. The van der Waals surface area contributed by atoms with Crippen molar-refractivity contribution >= 4 is 40.1 Å². The van der Waals surface area contributed by atoms with E-state index in [1.807, 2.05) is 103 Å². The minimum Gasteiger partial charge on any atom is -0.399 e. The predicted octanol–water partition coefficient (Wildman–Crippen LogP) is 20.3. The molecule has 0 unspecified atom stereocenters. The number of nitrogens with zero attached hydrogens (tertiary/aromatic N) is 2. The second-order valence-electron chi connectivity index (χ2n) is 26.0. The number of carbonyl (C=O) groups excluding carboxylic acids is 2. The number of hydrogen-bond donors (Lipinski definition) is 0. The number of aromatic nitrogens is 2. The lowest BCUT2D eigenvalue weighted by Crippen LogP contribution is -2.41. The maximum absolute atomic E-state index is 13.6. The molecule has 0 atom stereocenters. The van der Waals surface area contributed by atoms with E-state index in [1.165, 1.54) is 5.56 Å². The molecule has 10 aromatic carbocycles. The molecule has 3 heterocycles. The van der Waals surface area contributed by atoms with Gasteiger partial charge in [0.25, 0.3) is 0 Å². The zero-order valence-electron chi connectivity index (χ0n) is 53.0. The molecule has 12 aromatic rings. The summed E-state index contributed by atoms with van der Waals surface area (Å²) >= 11 is 3.44. The molecule has 2 aliphatic carbocycles. The zero-order valence-corrected chi connectivity index (χ0v) is 54.6. The van der Waals surface area contributed by atoms with Gasteiger partial charge in [-0.25, -0.2) is 9.97 Å². The Morgan fingerprint density at radius 3 is 1.12 bits per heavy atom. The summed E-state index contributed by atoms with van der Waals surface area (Å²) < 4.78 is 13.5. The van der Waals surface area contributed by atoms with Gasteiger partial charge in [0.1, 0.15) is 0 Å². The molecule has 2 aromatic heterocycles. The number of fused-ring (bicyclic) bond motifs is 4. The van der Waals surface area contributed by atoms with E-state index >= 15 is 0 Å². The van der Waals surface area contributed by atoms with E-state index in [2.05, 4.69) is 247 Å². The molecule has 3 aliphatic rings. The molecule has 1 aliphatic heterocycles. The van der Waals surface area contributed by atoms with Crippen LogP contribution in [-0.2, 0) is 20.1 Å². The second kappa shape index (κ2) is 24.8. The highest BCUT2D eigenvalue weighted by Crippen LogP contribution is 2.45. The molecule has 450 valence electrons. The minimum absolute atomic E-state index is 0.0951. The largest absolute Gasteiger partial charge is 0.494 e. The van der Waals surface area contributed by atoms with Gasteiger partial charge in [0, 0.05) is 54.2 Å². The molecule has 1 saturated heterocycles. The van der Waals surface area contributed by atoms with Crippen molar-refractivity contribution in [1.29, 1.82) is 0 Å². The molecule has 0 bridgehead atoms. The van der Waals surface area contributed by atoms with Crippen molar-refractivity contribution in [2.24, 2.45) is 0 Å². The number of rotatable bonds is 8. The molecule has 0 amide bonds. The van der Waals surface area contributed by atoms with Gasteiger partial charge in [0.15, 0.2) is 11.6 Å². The average molecular weight is 1260 g/mol. The Morgan fingerprint density at radius 1 is 0.293 bits per heavy atom. The summed E-state index contributed by atoms with van der Waals surface area (Å²) in [6, 6.07) is 95.2. The molecular formula is C84H70BBrN2O4. The van der Waals surface area contributed by atoms with Gasteiger partial charge in [-0.1, -0.05) is 274 Å². The summed E-state index contributed by atoms with van der Waals surface area (Å²) in [5.74, 6) is 0.221. The first-order valence-corrected chi connectivity index (χ1v) is 32.2. The molecule has 0 N–H and O–H groups in total. The van der Waals surface area contributed by atoms with E-state index in [1.54, 1.807) is 0 Å². The van der Waals surface area contributed by atoms with Crippen LogP contribution >= 0.6 is 15.9 Å². The van der Waals surface area contributed by atoms with Crippen LogP contribution in [0.15, 0.2) is 284 Å². The minimum atomic E-state index is -0.402. The average Bonchev–Trinajstić information content (AvgIpc) is 0.927. The van der Waals surface area contributed by atoms with Crippen LogP contribution in [0.5, 0.6) is 0 Å². The molecule has 0 saturated carbocycles. The van der Waals surface area contributed by atoms with Crippen molar-refractivity contribution in [2.75, 3.05) is 0 Å². The van der Waals surface area contributed by atoms with Crippen molar-refractivity contribution in [3.8, 4) is 78.4 Å². The number of pyridine rings is 2. The summed E-state index contributed by atoms with van der Waals surface area (Å²) in [5, 5.41) is 0. The van der Waals surface area contributed by atoms with Crippen LogP contribution in [0, 0.1) is 0 Å². The molecule has 1 fully saturated rings. The SMILES string of the molecule is CC1(C)OB(c2cccc(-c3cc(-c4ccccc4)cc(-c4ccccc4)n3)c2)OC1(C)C.CC1(C)c2ccccc2C(=O)c2cc(-c3cccc(-c4cc(-c5ccccc5)cc(-c5ccccc5)n4)c3)ccc21.CC1(C)c2ccccc2C(=O)c2cc(Br)ccc21. The van der Waals surface area contributed by atoms with Gasteiger partial charge < -0.3 is 9.31 Å². The van der Waals surface area contributed by atoms with E-state index in [0.717, 1.165) is 127 Å². The van der Waals surface area contributed by atoms with Gasteiger partial charge in [0.05, 0.1) is 34.0 Å². The van der Waals surface area contributed by atoms with Gasteiger partial charge in [-0.15, -0.1) is 0 Å². The van der Waals surface area contributed by atoms with Crippen molar-refractivity contribution in [3.05, 3.63) is 328 Å². The lowest BCUT2D eigenvalue weighted by atomic mass is 9.68. The quantitative estimate of drug-likeness (QED) is 0.141. The molecule has 92 heavy (non-hydrogen) atoms. The summed E-state index contributed by atoms with van der Waals surface area (Å²) in [6.07, 6.45) is 0. The van der Waals surface area contributed by atoms with Crippen molar-refractivity contribution in [3.63, 3.8) is 0 Å². The number of hydrogen-bond acceptors (Lipinski definition) is 6. The number of ketones is 2. The van der Waals surface area contributed by atoms with Crippen LogP contribution in [0.2, 0.25) is 0 Å². The van der Waals surface area contributed by atoms with Gasteiger partial charge in [-0.3, -0.25) is 9.59 Å². The standard InChI is InChI=1S/C39H29NO.C29H28BNO2.C16H13BrO/c1-39(2)34-19-10-9-18-32(34)38(41)33-23-29(20-21-35(33)39)28-16-11-17-30(22-28)37-25-31(26-12-5-3-6-13-26)24-36(40-37)27-14-7-4-8-15-27;1-28(2)29(3,4)33-30(32-28)25-17-11-16-23(18-25)27-20-24(21-12-7-5-8-13-21)19-26(31-27)22-14-9-6-10-15-22;1-16(2)13-6-4-3-5-11(13)15(18)12-9-10(17)7-8-14(12)16/h3-25H,1-2H3;5-20H,1-4H3;3-9H,1-2H3. The Kier molecular flexibility index (Phi) is 16.5. The molecule has 15 rings (SSSR count). The number of halogens is 1. The monoisotopic (exact) mass is 1260 g/mol. The van der Waals surface area contributed by atoms with Crippen LogP contribution < -0.4 is 5.46 Å². The van der Waals surface area contributed by atoms with Crippen LogP contribution in [-0.4, -0.2) is 39.9 Å². The Hall–Kier alpha value is -9.70. The summed E-state index contributed by atoms with van der Waals surface area (Å²) in [5.41, 5.74) is 22.1. The maximum atomic E-state index is 13.6. The zero-order chi connectivity index (χ0) is 63.9. The van der Waals surface area contributed by atoms with E-state index in [4.69, 9.17) is 19.3 Å². The highest BCUT2D eigenvalue weighted by molar-refractivity contribution is 9.10. The molecular weight excluding hydrogens is 1190 g/mol. The van der Waals surface area contributed by atoms with Crippen LogP contribution in [0.3, 0.4) is 0 Å². The third kappa shape index (κ3) is 12.0. The highest BCUT2D eigenvalue weighted by atomic mass is 79.9. The fraction of sp³-hybridized carbons (Fsp3) is 0.143. The summed E-state index contributed by atoms with van der Waals surface area (Å²) in [6.45, 7) is 17.1. The van der Waals surface area contributed by atoms with Crippen LogP contribution in [0.25, 0.3) is 78.4 Å². The lowest BCUT2D eigenvalue weighted by Gasteiger charge is -2.34. The Bertz CT molecular complexity index is 4620. The second-order valence-corrected chi connectivity index (χ2v) is 26.9. The Labute approximate surface area is 549 Å². The molecule has 6 nitrogen and oxygen atoms in total. The van der Waals surface area contributed by atoms with E-state index in [0.29, 0.717) is 0 Å². The first-order valence-electron chi connectivity index (χ1n) is 31.4. The highest BCUT2D eigenvalue weighted by Gasteiger charge is 2.52. The van der Waals surface area contributed by atoms with Crippen LogP contribution in [0.1, 0.15) is 109 Å². The van der Waals surface area contributed by atoms with E-state index in [-0.39, 0.29) is 33.6 Å². The smallest absolute Gasteiger partial charge is 0.399 e. The topological polar surface area (TPSA) is 78.4 Å². The fourth-order valence-electron chi connectivity index (χ4n) is 12.9. The number of benzene rings is 10. The first kappa shape index (κ1) is 61.2. The normalized spacial score (nSPS) is 15.1. The Morgan fingerprint density at radius 2 is 0.641 bits per heavy atom. The van der Waals surface area contributed by atoms with Crippen molar-refractivity contribution < 1.29 is 18.9 Å². The lowest BCUT2D eigenvalue weighted by molar-refractivity contribution is 0.00578. The molecule has 0 radical (unpaired) electrons. The van der Waals surface area contributed by atoms with Gasteiger partial charge in [-0.2, -0.15) is 0 Å². The molecule has 8 heteroatoms. The predicted molar refractivity (Wildman–Crippen MR) is 380 cm³/mol. The van der Waals surface area contributed by atoms with E-state index < -0.39 is 7.12 Å². The fourth-order valence-corrected chi connectivity index (χ4v) is 13.2. The first-order chi connectivity index (χ1) is 44.3.